The van der Waals surface area contributed by atoms with Crippen LogP contribution in [0.25, 0.3) is 0 Å². The van der Waals surface area contributed by atoms with Crippen LogP contribution in [0.3, 0.4) is 0 Å². The molecule has 0 spiro atoms. The van der Waals surface area contributed by atoms with E-state index in [0.717, 1.165) is 44.6 Å². The predicted molar refractivity (Wildman–Crippen MR) is 81.5 cm³/mol. The van der Waals surface area contributed by atoms with Crippen molar-refractivity contribution < 1.29 is 9.53 Å². The highest BCUT2D eigenvalue weighted by Gasteiger charge is 2.32. The largest absolute Gasteiger partial charge is 0.381 e. The van der Waals surface area contributed by atoms with Crippen molar-refractivity contribution in [2.24, 2.45) is 0 Å². The summed E-state index contributed by atoms with van der Waals surface area (Å²) in [4.78, 5) is 18.0. The topological polar surface area (TPSA) is 42.4 Å². The van der Waals surface area contributed by atoms with E-state index >= 15 is 0 Å². The Morgan fingerprint density at radius 1 is 1.35 bits per heavy atom. The van der Waals surface area contributed by atoms with Gasteiger partial charge in [0.25, 0.3) is 0 Å². The van der Waals surface area contributed by atoms with Crippen molar-refractivity contribution in [3.05, 3.63) is 30.1 Å². The Morgan fingerprint density at radius 3 is 2.85 bits per heavy atom. The second-order valence-electron chi connectivity index (χ2n) is 4.85. The molecular weight excluding hydrogens is 272 g/mol. The van der Waals surface area contributed by atoms with Crippen LogP contribution >= 0.6 is 11.8 Å². The minimum absolute atomic E-state index is 0.140. The summed E-state index contributed by atoms with van der Waals surface area (Å²) in [6.45, 7) is 4.48. The molecule has 1 saturated heterocycles. The molecule has 4 nitrogen and oxygen atoms in total. The molecule has 1 amide bonds. The van der Waals surface area contributed by atoms with Crippen LogP contribution in [-0.4, -0.2) is 41.3 Å². The normalized spacial score (nSPS) is 18.8. The highest BCUT2D eigenvalue weighted by atomic mass is 32.2. The number of amides is 1. The molecule has 0 saturated carbocycles. The van der Waals surface area contributed by atoms with Gasteiger partial charge < -0.3 is 9.64 Å². The lowest BCUT2D eigenvalue weighted by Gasteiger charge is -2.24. The van der Waals surface area contributed by atoms with Crippen LogP contribution in [0.4, 0.5) is 0 Å². The summed E-state index contributed by atoms with van der Waals surface area (Å²) in [6, 6.07) is 3.97. The summed E-state index contributed by atoms with van der Waals surface area (Å²) in [5.41, 5.74) is 1.16. The zero-order chi connectivity index (χ0) is 14.2. The first-order valence-electron chi connectivity index (χ1n) is 7.21. The molecule has 1 aromatic rings. The third kappa shape index (κ3) is 4.21. The van der Waals surface area contributed by atoms with Crippen LogP contribution in [0.5, 0.6) is 0 Å². The Labute approximate surface area is 124 Å². The molecule has 1 aliphatic heterocycles. The third-order valence-electron chi connectivity index (χ3n) is 3.29. The quantitative estimate of drug-likeness (QED) is 0.691. The van der Waals surface area contributed by atoms with Crippen LogP contribution in [0.2, 0.25) is 0 Å². The molecule has 1 atom stereocenters. The van der Waals surface area contributed by atoms with E-state index in [0.29, 0.717) is 5.75 Å². The van der Waals surface area contributed by atoms with Crippen LogP contribution in [0.15, 0.2) is 24.5 Å². The Bertz CT molecular complexity index is 414. The van der Waals surface area contributed by atoms with Crippen molar-refractivity contribution in [3.63, 3.8) is 0 Å². The van der Waals surface area contributed by atoms with Gasteiger partial charge in [-0.3, -0.25) is 9.78 Å². The van der Waals surface area contributed by atoms with Gasteiger partial charge >= 0.3 is 0 Å². The number of pyridine rings is 1. The van der Waals surface area contributed by atoms with Gasteiger partial charge in [0.15, 0.2) is 0 Å². The van der Waals surface area contributed by atoms with E-state index in [4.69, 9.17) is 4.74 Å². The summed E-state index contributed by atoms with van der Waals surface area (Å²) in [5.74, 6) is 0.800. The molecule has 2 heterocycles. The smallest absolute Gasteiger partial charge is 0.233 e. The minimum atomic E-state index is 0.140. The number of thioether (sulfide) groups is 1. The van der Waals surface area contributed by atoms with Gasteiger partial charge in [-0.15, -0.1) is 11.8 Å². The van der Waals surface area contributed by atoms with Gasteiger partial charge in [0.05, 0.1) is 5.75 Å². The number of aromatic nitrogens is 1. The molecule has 1 unspecified atom stereocenters. The minimum Gasteiger partial charge on any atom is -0.381 e. The van der Waals surface area contributed by atoms with Crippen LogP contribution < -0.4 is 0 Å². The molecule has 0 N–H and O–H groups in total. The second-order valence-corrected chi connectivity index (χ2v) is 5.92. The summed E-state index contributed by atoms with van der Waals surface area (Å²) in [6.07, 6.45) is 6.73. The Morgan fingerprint density at radius 2 is 2.10 bits per heavy atom. The maximum Gasteiger partial charge on any atom is 0.233 e. The SMILES string of the molecule is CCCCOCCCN1C(=O)CSC1c1ccncc1. The van der Waals surface area contributed by atoms with E-state index in [1.807, 2.05) is 17.0 Å². The van der Waals surface area contributed by atoms with E-state index in [-0.39, 0.29) is 11.3 Å². The van der Waals surface area contributed by atoms with Crippen LogP contribution in [-0.2, 0) is 9.53 Å². The van der Waals surface area contributed by atoms with Crippen molar-refractivity contribution in [2.45, 2.75) is 31.6 Å². The monoisotopic (exact) mass is 294 g/mol. The number of nitrogens with zero attached hydrogens (tertiary/aromatic N) is 2. The summed E-state index contributed by atoms with van der Waals surface area (Å²) in [5, 5.41) is 0.140. The van der Waals surface area contributed by atoms with Crippen molar-refractivity contribution in [1.82, 2.24) is 9.88 Å². The van der Waals surface area contributed by atoms with Crippen LogP contribution in [0, 0.1) is 0 Å². The summed E-state index contributed by atoms with van der Waals surface area (Å²) < 4.78 is 5.56. The lowest BCUT2D eigenvalue weighted by molar-refractivity contribution is -0.128. The maximum atomic E-state index is 12.0. The van der Waals surface area contributed by atoms with E-state index in [1.165, 1.54) is 0 Å². The second kappa shape index (κ2) is 8.27. The zero-order valence-electron chi connectivity index (χ0n) is 12.0. The fraction of sp³-hybridized carbons (Fsp3) is 0.600. The Balaban J connectivity index is 1.80. The zero-order valence-corrected chi connectivity index (χ0v) is 12.8. The first kappa shape index (κ1) is 15.3. The van der Waals surface area contributed by atoms with Crippen molar-refractivity contribution in [3.8, 4) is 0 Å². The molecule has 0 bridgehead atoms. The predicted octanol–water partition coefficient (Wildman–Crippen LogP) is 2.86. The molecule has 0 radical (unpaired) electrons. The van der Waals surface area contributed by atoms with Crippen molar-refractivity contribution >= 4 is 17.7 Å². The van der Waals surface area contributed by atoms with Gasteiger partial charge in [-0.25, -0.2) is 0 Å². The van der Waals surface area contributed by atoms with Crippen molar-refractivity contribution in [2.75, 3.05) is 25.5 Å². The lowest BCUT2D eigenvalue weighted by atomic mass is 10.2. The average Bonchev–Trinajstić information content (AvgIpc) is 2.85. The van der Waals surface area contributed by atoms with Gasteiger partial charge in [0.1, 0.15) is 5.37 Å². The number of hydrogen-bond acceptors (Lipinski definition) is 4. The first-order valence-corrected chi connectivity index (χ1v) is 8.26. The van der Waals surface area contributed by atoms with E-state index < -0.39 is 0 Å². The molecule has 1 aromatic heterocycles. The molecule has 0 aromatic carbocycles. The van der Waals surface area contributed by atoms with Gasteiger partial charge in [-0.05, 0) is 30.5 Å². The number of hydrogen-bond donors (Lipinski definition) is 0. The van der Waals surface area contributed by atoms with Gasteiger partial charge in [0.2, 0.25) is 5.91 Å². The highest BCUT2D eigenvalue weighted by Crippen LogP contribution is 2.38. The first-order chi connectivity index (χ1) is 9.83. The number of rotatable bonds is 8. The van der Waals surface area contributed by atoms with E-state index in [1.54, 1.807) is 24.2 Å². The molecule has 1 fully saturated rings. The fourth-order valence-corrected chi connectivity index (χ4v) is 3.40. The molecule has 1 aliphatic rings. The maximum absolute atomic E-state index is 12.0. The van der Waals surface area contributed by atoms with Gasteiger partial charge in [-0.1, -0.05) is 13.3 Å². The molecule has 110 valence electrons. The standard InChI is InChI=1S/C15H22N2O2S/c1-2-3-10-19-11-4-9-17-14(18)12-20-15(17)13-5-7-16-8-6-13/h5-8,15H,2-4,9-12H2,1H3. The fourth-order valence-electron chi connectivity index (χ4n) is 2.19. The Kier molecular flexibility index (Phi) is 6.33. The summed E-state index contributed by atoms with van der Waals surface area (Å²) >= 11 is 1.69. The number of ether oxygens (including phenoxy) is 1. The van der Waals surface area contributed by atoms with Crippen LogP contribution in [0.1, 0.15) is 37.1 Å². The Hall–Kier alpha value is -1.07. The molecule has 2 rings (SSSR count). The van der Waals surface area contributed by atoms with E-state index in [9.17, 15) is 4.79 Å². The lowest BCUT2D eigenvalue weighted by Crippen LogP contribution is -2.29. The number of carbonyl (C=O) groups is 1. The van der Waals surface area contributed by atoms with Gasteiger partial charge in [-0.2, -0.15) is 0 Å². The third-order valence-corrected chi connectivity index (χ3v) is 4.55. The van der Waals surface area contributed by atoms with E-state index in [2.05, 4.69) is 11.9 Å². The molecular formula is C15H22N2O2S. The van der Waals surface area contributed by atoms with Crippen molar-refractivity contribution in [1.29, 1.82) is 0 Å². The van der Waals surface area contributed by atoms with Gasteiger partial charge in [0, 0.05) is 32.2 Å². The number of unbranched alkanes of at least 4 members (excludes halogenated alkanes) is 1. The average molecular weight is 294 g/mol. The molecule has 5 heteroatoms. The highest BCUT2D eigenvalue weighted by molar-refractivity contribution is 8.00. The molecule has 20 heavy (non-hydrogen) atoms. The summed E-state index contributed by atoms with van der Waals surface area (Å²) in [7, 11) is 0. The molecule has 0 aliphatic carbocycles. The number of carbonyl (C=O) groups excluding carboxylic acids is 1.